The highest BCUT2D eigenvalue weighted by atomic mass is 16.2. The normalized spacial score (nSPS) is 34.7. The van der Waals surface area contributed by atoms with Gasteiger partial charge in [-0.3, -0.25) is 14.5 Å². The molecule has 2 heterocycles. The Bertz CT molecular complexity index is 240. The number of imide groups is 1. The van der Waals surface area contributed by atoms with E-state index < -0.39 is 0 Å². The van der Waals surface area contributed by atoms with Crippen molar-refractivity contribution < 1.29 is 9.59 Å². The summed E-state index contributed by atoms with van der Waals surface area (Å²) >= 11 is 0. The first-order chi connectivity index (χ1) is 6.13. The highest BCUT2D eigenvalue weighted by molar-refractivity contribution is 6.02. The first kappa shape index (κ1) is 8.69. The van der Waals surface area contributed by atoms with E-state index in [1.165, 1.54) is 4.90 Å². The molecule has 1 atom stereocenters. The Kier molecular flexibility index (Phi) is 1.87. The fraction of sp³-hybridized carbons (Fsp3) is 0.778. The largest absolute Gasteiger partial charge is 0.314 e. The number of carbonyl (C=O) groups excluding carboxylic acids is 2. The van der Waals surface area contributed by atoms with E-state index in [-0.39, 0.29) is 17.4 Å². The number of likely N-dealkylation sites (tertiary alicyclic amines) is 1. The molecule has 2 fully saturated rings. The van der Waals surface area contributed by atoms with E-state index in [0.717, 1.165) is 19.5 Å². The third kappa shape index (κ3) is 1.25. The maximum Gasteiger partial charge on any atom is 0.230 e. The average Bonchev–Trinajstić information content (AvgIpc) is 2.60. The second kappa shape index (κ2) is 2.80. The van der Waals surface area contributed by atoms with Crippen LogP contribution in [0.2, 0.25) is 0 Å². The van der Waals surface area contributed by atoms with E-state index in [9.17, 15) is 9.59 Å². The fourth-order valence-electron chi connectivity index (χ4n) is 2.17. The molecule has 0 aromatic carbocycles. The zero-order valence-electron chi connectivity index (χ0n) is 7.80. The minimum Gasteiger partial charge on any atom is -0.314 e. The summed E-state index contributed by atoms with van der Waals surface area (Å²) in [5.74, 6) is -0.00704. The summed E-state index contributed by atoms with van der Waals surface area (Å²) < 4.78 is 0. The predicted molar refractivity (Wildman–Crippen MR) is 47.0 cm³/mol. The van der Waals surface area contributed by atoms with Crippen LogP contribution in [0.25, 0.3) is 0 Å². The maximum atomic E-state index is 11.5. The van der Waals surface area contributed by atoms with Crippen molar-refractivity contribution >= 4 is 11.8 Å². The van der Waals surface area contributed by atoms with Crippen LogP contribution in [-0.2, 0) is 9.59 Å². The summed E-state index contributed by atoms with van der Waals surface area (Å²) in [6, 6.07) is 0. The van der Waals surface area contributed by atoms with Crippen molar-refractivity contribution in [1.29, 1.82) is 0 Å². The average molecular weight is 182 g/mol. The molecule has 2 rings (SSSR count). The lowest BCUT2D eigenvalue weighted by Crippen LogP contribution is -2.50. The Morgan fingerprint density at radius 2 is 1.92 bits per heavy atom. The summed E-state index contributed by atoms with van der Waals surface area (Å²) in [5.41, 5.74) is -0.259. The highest BCUT2D eigenvalue weighted by Crippen LogP contribution is 2.28. The van der Waals surface area contributed by atoms with E-state index in [4.69, 9.17) is 0 Å². The molecule has 0 aliphatic carbocycles. The van der Waals surface area contributed by atoms with Crippen LogP contribution < -0.4 is 5.32 Å². The van der Waals surface area contributed by atoms with Crippen molar-refractivity contribution in [2.45, 2.75) is 31.7 Å². The zero-order valence-corrected chi connectivity index (χ0v) is 7.80. The van der Waals surface area contributed by atoms with Gasteiger partial charge in [-0.05, 0) is 19.9 Å². The van der Waals surface area contributed by atoms with Crippen LogP contribution in [0.3, 0.4) is 0 Å². The monoisotopic (exact) mass is 182 g/mol. The second-order valence-corrected chi connectivity index (χ2v) is 4.05. The van der Waals surface area contributed by atoms with Gasteiger partial charge in [-0.25, -0.2) is 0 Å². The van der Waals surface area contributed by atoms with Crippen LogP contribution in [0.4, 0.5) is 0 Å². The molecule has 0 saturated carbocycles. The van der Waals surface area contributed by atoms with Gasteiger partial charge < -0.3 is 5.32 Å². The Morgan fingerprint density at radius 3 is 2.38 bits per heavy atom. The van der Waals surface area contributed by atoms with Gasteiger partial charge in [0.15, 0.2) is 0 Å². The molecule has 0 aromatic rings. The third-order valence-corrected chi connectivity index (χ3v) is 2.94. The molecule has 0 bridgehead atoms. The summed E-state index contributed by atoms with van der Waals surface area (Å²) in [4.78, 5) is 24.4. The first-order valence-corrected chi connectivity index (χ1v) is 4.70. The Labute approximate surface area is 77.3 Å². The van der Waals surface area contributed by atoms with Gasteiger partial charge in [0.25, 0.3) is 0 Å². The van der Waals surface area contributed by atoms with E-state index in [2.05, 4.69) is 5.32 Å². The predicted octanol–water partition coefficient (Wildman–Crippen LogP) is -0.113. The fourth-order valence-corrected chi connectivity index (χ4v) is 2.17. The van der Waals surface area contributed by atoms with Gasteiger partial charge in [0.05, 0.1) is 5.54 Å². The molecule has 0 aromatic heterocycles. The van der Waals surface area contributed by atoms with Crippen LogP contribution in [0.15, 0.2) is 0 Å². The third-order valence-electron chi connectivity index (χ3n) is 2.94. The SMILES string of the molecule is CC1(N2C(=O)CCC2=O)CCNC1. The lowest BCUT2D eigenvalue weighted by Gasteiger charge is -2.32. The molecule has 2 saturated heterocycles. The molecule has 2 aliphatic heterocycles. The van der Waals surface area contributed by atoms with Crippen LogP contribution in [0.1, 0.15) is 26.2 Å². The van der Waals surface area contributed by atoms with Gasteiger partial charge in [0.1, 0.15) is 0 Å². The number of amides is 2. The van der Waals surface area contributed by atoms with Gasteiger partial charge in [-0.15, -0.1) is 0 Å². The summed E-state index contributed by atoms with van der Waals surface area (Å²) in [6.45, 7) is 3.62. The Hall–Kier alpha value is -0.900. The quantitative estimate of drug-likeness (QED) is 0.575. The minimum atomic E-state index is -0.259. The van der Waals surface area contributed by atoms with Crippen molar-refractivity contribution in [3.05, 3.63) is 0 Å². The van der Waals surface area contributed by atoms with Gasteiger partial charge in [0.2, 0.25) is 11.8 Å². The van der Waals surface area contributed by atoms with Crippen molar-refractivity contribution in [2.24, 2.45) is 0 Å². The summed E-state index contributed by atoms with van der Waals surface area (Å²) in [5, 5.41) is 3.18. The van der Waals surface area contributed by atoms with E-state index >= 15 is 0 Å². The molecule has 1 unspecified atom stereocenters. The van der Waals surface area contributed by atoms with Crippen LogP contribution in [0.5, 0.6) is 0 Å². The summed E-state index contributed by atoms with van der Waals surface area (Å²) in [7, 11) is 0. The molecule has 1 N–H and O–H groups in total. The second-order valence-electron chi connectivity index (χ2n) is 4.05. The van der Waals surface area contributed by atoms with Gasteiger partial charge in [-0.1, -0.05) is 0 Å². The molecule has 13 heavy (non-hydrogen) atoms. The Morgan fingerprint density at radius 1 is 1.31 bits per heavy atom. The maximum absolute atomic E-state index is 11.5. The minimum absolute atomic E-state index is 0.00352. The zero-order chi connectivity index (χ0) is 9.47. The van der Waals surface area contributed by atoms with Crippen molar-refractivity contribution in [1.82, 2.24) is 10.2 Å². The first-order valence-electron chi connectivity index (χ1n) is 4.70. The number of rotatable bonds is 1. The molecule has 0 spiro atoms. The molecule has 4 heteroatoms. The number of carbonyl (C=O) groups is 2. The summed E-state index contributed by atoms with van der Waals surface area (Å²) in [6.07, 6.45) is 1.67. The van der Waals surface area contributed by atoms with Gasteiger partial charge >= 0.3 is 0 Å². The molecule has 2 aliphatic rings. The molecule has 2 amide bonds. The number of hydrogen-bond acceptors (Lipinski definition) is 3. The lowest BCUT2D eigenvalue weighted by molar-refractivity contribution is -0.144. The van der Waals surface area contributed by atoms with Crippen molar-refractivity contribution in [3.63, 3.8) is 0 Å². The van der Waals surface area contributed by atoms with Crippen LogP contribution in [0, 0.1) is 0 Å². The van der Waals surface area contributed by atoms with Gasteiger partial charge in [-0.2, -0.15) is 0 Å². The lowest BCUT2D eigenvalue weighted by atomic mass is 9.99. The number of nitrogens with zero attached hydrogens (tertiary/aromatic N) is 1. The van der Waals surface area contributed by atoms with Crippen LogP contribution in [-0.4, -0.2) is 35.3 Å². The highest BCUT2D eigenvalue weighted by Gasteiger charge is 2.44. The van der Waals surface area contributed by atoms with E-state index in [1.807, 2.05) is 6.92 Å². The van der Waals surface area contributed by atoms with Gasteiger partial charge in [0, 0.05) is 19.4 Å². The molecule has 0 radical (unpaired) electrons. The smallest absolute Gasteiger partial charge is 0.230 e. The van der Waals surface area contributed by atoms with Crippen LogP contribution >= 0.6 is 0 Å². The molecular weight excluding hydrogens is 168 g/mol. The number of hydrogen-bond donors (Lipinski definition) is 1. The van der Waals surface area contributed by atoms with Crippen molar-refractivity contribution in [3.8, 4) is 0 Å². The van der Waals surface area contributed by atoms with Crippen molar-refractivity contribution in [2.75, 3.05) is 13.1 Å². The number of nitrogens with one attached hydrogen (secondary N) is 1. The molecule has 4 nitrogen and oxygen atoms in total. The standard InChI is InChI=1S/C9H14N2O2/c1-9(4-5-10-6-9)11-7(12)2-3-8(11)13/h10H,2-6H2,1H3. The van der Waals surface area contributed by atoms with E-state index in [0.29, 0.717) is 12.8 Å². The Balaban J connectivity index is 2.22. The van der Waals surface area contributed by atoms with E-state index in [1.54, 1.807) is 0 Å². The molecular formula is C9H14N2O2. The molecule has 72 valence electrons. The topological polar surface area (TPSA) is 49.4 Å².